The van der Waals surface area contributed by atoms with E-state index in [4.69, 9.17) is 0 Å². The highest BCUT2D eigenvalue weighted by Gasteiger charge is 2.35. The van der Waals surface area contributed by atoms with Gasteiger partial charge in [0.15, 0.2) is 0 Å². The van der Waals surface area contributed by atoms with E-state index >= 15 is 0 Å². The van der Waals surface area contributed by atoms with E-state index in [0.717, 1.165) is 22.6 Å². The van der Waals surface area contributed by atoms with Gasteiger partial charge in [-0.15, -0.1) is 0 Å². The minimum Gasteiger partial charge on any atom is -0.309 e. The maximum Gasteiger partial charge on any atom is 0.0546 e. The Hall–Kier alpha value is -7.22. The molecule has 0 saturated heterocycles. The van der Waals surface area contributed by atoms with Gasteiger partial charge in [-0.2, -0.15) is 0 Å². The summed E-state index contributed by atoms with van der Waals surface area (Å²) in [6, 6.07) is 81.9. The zero-order chi connectivity index (χ0) is 39.1. The average molecular weight is 742 g/mol. The summed E-state index contributed by atoms with van der Waals surface area (Å²) >= 11 is 0. The first-order valence-electron chi connectivity index (χ1n) is 20.2. The minimum atomic E-state index is -0.0842. The third-order valence-electron chi connectivity index (χ3n) is 11.9. The predicted octanol–water partition coefficient (Wildman–Crippen LogP) is 15.8. The fourth-order valence-electron chi connectivity index (χ4n) is 9.09. The summed E-state index contributed by atoms with van der Waals surface area (Å²) < 4.78 is 0. The van der Waals surface area contributed by atoms with Gasteiger partial charge in [0.1, 0.15) is 0 Å². The van der Waals surface area contributed by atoms with E-state index < -0.39 is 0 Å². The van der Waals surface area contributed by atoms with Crippen LogP contribution in [0.5, 0.6) is 0 Å². The topological polar surface area (TPSA) is 3.24 Å². The third-order valence-corrected chi connectivity index (χ3v) is 11.9. The van der Waals surface area contributed by atoms with Crippen molar-refractivity contribution in [2.75, 3.05) is 4.90 Å². The number of benzene rings is 9. The predicted molar refractivity (Wildman–Crippen MR) is 246 cm³/mol. The molecule has 58 heavy (non-hydrogen) atoms. The molecule has 0 atom stereocenters. The van der Waals surface area contributed by atoms with Crippen LogP contribution in [0.15, 0.2) is 224 Å². The Morgan fingerprint density at radius 3 is 1.47 bits per heavy atom. The Morgan fingerprint density at radius 1 is 0.293 bits per heavy atom. The molecule has 0 aliphatic heterocycles. The molecule has 276 valence electrons. The summed E-state index contributed by atoms with van der Waals surface area (Å²) in [5, 5.41) is 0. The van der Waals surface area contributed by atoms with Gasteiger partial charge in [0.25, 0.3) is 0 Å². The van der Waals surface area contributed by atoms with Crippen molar-refractivity contribution >= 4 is 17.1 Å². The molecule has 9 aromatic carbocycles. The van der Waals surface area contributed by atoms with Crippen LogP contribution in [0.25, 0.3) is 66.8 Å². The van der Waals surface area contributed by atoms with Crippen molar-refractivity contribution in [1.82, 2.24) is 0 Å². The molecule has 0 heterocycles. The van der Waals surface area contributed by atoms with Gasteiger partial charge in [-0.3, -0.25) is 0 Å². The largest absolute Gasteiger partial charge is 0.309 e. The summed E-state index contributed by atoms with van der Waals surface area (Å²) in [6.45, 7) is 4.71. The molecule has 0 spiro atoms. The molecular weight excluding hydrogens is 699 g/mol. The lowest BCUT2D eigenvalue weighted by Gasteiger charge is -2.32. The van der Waals surface area contributed by atoms with Gasteiger partial charge < -0.3 is 4.90 Å². The van der Waals surface area contributed by atoms with Gasteiger partial charge in [-0.05, 0) is 97.1 Å². The monoisotopic (exact) mass is 741 g/mol. The van der Waals surface area contributed by atoms with Crippen LogP contribution in [0.3, 0.4) is 0 Å². The summed E-state index contributed by atoms with van der Waals surface area (Å²) in [4.78, 5) is 2.49. The van der Waals surface area contributed by atoms with Crippen molar-refractivity contribution in [2.24, 2.45) is 0 Å². The van der Waals surface area contributed by atoms with Crippen molar-refractivity contribution in [2.45, 2.75) is 19.3 Å². The van der Waals surface area contributed by atoms with Crippen LogP contribution in [0, 0.1) is 0 Å². The number of hydrogen-bond acceptors (Lipinski definition) is 1. The average Bonchev–Trinajstić information content (AvgIpc) is 3.53. The molecular formula is C57H43N. The molecule has 0 aromatic heterocycles. The van der Waals surface area contributed by atoms with Gasteiger partial charge in [-0.25, -0.2) is 0 Å². The van der Waals surface area contributed by atoms with Gasteiger partial charge in [0.05, 0.1) is 11.4 Å². The third kappa shape index (κ3) is 6.13. The highest BCUT2D eigenvalue weighted by molar-refractivity contribution is 6.02. The molecule has 0 bridgehead atoms. The van der Waals surface area contributed by atoms with E-state index in [1.165, 1.54) is 72.3 Å². The maximum absolute atomic E-state index is 2.49. The second-order valence-corrected chi connectivity index (χ2v) is 15.7. The van der Waals surface area contributed by atoms with Crippen molar-refractivity contribution < 1.29 is 0 Å². The highest BCUT2D eigenvalue weighted by Crippen LogP contribution is 2.52. The molecule has 0 fully saturated rings. The highest BCUT2D eigenvalue weighted by atomic mass is 15.1. The first-order valence-corrected chi connectivity index (χ1v) is 20.2. The lowest BCUT2D eigenvalue weighted by molar-refractivity contribution is 0.660. The number of rotatable bonds is 8. The molecule has 0 N–H and O–H groups in total. The van der Waals surface area contributed by atoms with Gasteiger partial charge in [0, 0.05) is 22.2 Å². The molecule has 9 aromatic rings. The second kappa shape index (κ2) is 14.7. The van der Waals surface area contributed by atoms with Crippen LogP contribution in [0.2, 0.25) is 0 Å². The Labute approximate surface area is 342 Å². The van der Waals surface area contributed by atoms with Crippen molar-refractivity contribution in [3.8, 4) is 66.8 Å². The second-order valence-electron chi connectivity index (χ2n) is 15.7. The molecule has 0 amide bonds. The standard InChI is InChI=1S/C57H43N/c1-57(2)52-33-16-14-30-49(52)50-37-36-44(39-53(50)57)43-26-18-27-45(38-43)58(54-34-17-15-29-47(54)41-22-8-4-9-23-41)55-35-19-32-48(42-24-10-5-11-25-42)56(55)51-31-13-12-28-46(51)40-20-6-3-7-21-40/h3-39H,1-2H3. The van der Waals surface area contributed by atoms with Gasteiger partial charge in [-0.1, -0.05) is 208 Å². The first-order chi connectivity index (χ1) is 28.6. The van der Waals surface area contributed by atoms with Crippen molar-refractivity contribution in [3.05, 3.63) is 236 Å². The summed E-state index contributed by atoms with van der Waals surface area (Å²) in [5.74, 6) is 0. The van der Waals surface area contributed by atoms with Crippen LogP contribution >= 0.6 is 0 Å². The van der Waals surface area contributed by atoms with Crippen LogP contribution < -0.4 is 4.90 Å². The van der Waals surface area contributed by atoms with E-state index in [9.17, 15) is 0 Å². The lowest BCUT2D eigenvalue weighted by Crippen LogP contribution is -2.15. The SMILES string of the molecule is CC1(C)c2ccccc2-c2ccc(-c3cccc(N(c4ccccc4-c4ccccc4)c4cccc(-c5ccccc5)c4-c4ccccc4-c4ccccc4)c3)cc21. The van der Waals surface area contributed by atoms with Gasteiger partial charge in [0.2, 0.25) is 0 Å². The zero-order valence-corrected chi connectivity index (χ0v) is 32.8. The molecule has 0 saturated carbocycles. The van der Waals surface area contributed by atoms with E-state index in [2.05, 4.69) is 243 Å². The van der Waals surface area contributed by atoms with E-state index in [0.29, 0.717) is 0 Å². The lowest BCUT2D eigenvalue weighted by atomic mass is 9.81. The Kier molecular flexibility index (Phi) is 8.92. The molecule has 1 nitrogen and oxygen atoms in total. The van der Waals surface area contributed by atoms with Gasteiger partial charge >= 0.3 is 0 Å². The van der Waals surface area contributed by atoms with E-state index in [1.807, 2.05) is 0 Å². The van der Waals surface area contributed by atoms with E-state index in [-0.39, 0.29) is 5.41 Å². The quantitative estimate of drug-likeness (QED) is 0.150. The molecule has 0 radical (unpaired) electrons. The number of para-hydroxylation sites is 1. The fraction of sp³-hybridized carbons (Fsp3) is 0.0526. The van der Waals surface area contributed by atoms with E-state index in [1.54, 1.807) is 0 Å². The Bertz CT molecular complexity index is 2910. The fourth-order valence-corrected chi connectivity index (χ4v) is 9.09. The Morgan fingerprint density at radius 2 is 0.759 bits per heavy atom. The summed E-state index contributed by atoms with van der Waals surface area (Å²) in [7, 11) is 0. The summed E-state index contributed by atoms with van der Waals surface area (Å²) in [5.41, 5.74) is 20.5. The molecule has 1 heteroatoms. The van der Waals surface area contributed by atoms with Crippen LogP contribution in [-0.4, -0.2) is 0 Å². The summed E-state index contributed by atoms with van der Waals surface area (Å²) in [6.07, 6.45) is 0. The first kappa shape index (κ1) is 35.2. The molecule has 0 unspecified atom stereocenters. The number of nitrogens with zero attached hydrogens (tertiary/aromatic N) is 1. The van der Waals surface area contributed by atoms with Crippen molar-refractivity contribution in [1.29, 1.82) is 0 Å². The minimum absolute atomic E-state index is 0.0842. The molecule has 1 aliphatic rings. The molecule has 1 aliphatic carbocycles. The van der Waals surface area contributed by atoms with Crippen LogP contribution in [0.1, 0.15) is 25.0 Å². The number of fused-ring (bicyclic) bond motifs is 3. The van der Waals surface area contributed by atoms with Crippen LogP contribution in [0.4, 0.5) is 17.1 Å². The number of anilines is 3. The van der Waals surface area contributed by atoms with Crippen molar-refractivity contribution in [3.63, 3.8) is 0 Å². The maximum atomic E-state index is 2.49. The Balaban J connectivity index is 1.23. The number of hydrogen-bond donors (Lipinski definition) is 0. The normalized spacial score (nSPS) is 12.4. The molecule has 10 rings (SSSR count). The smallest absolute Gasteiger partial charge is 0.0546 e. The zero-order valence-electron chi connectivity index (χ0n) is 32.8. The van der Waals surface area contributed by atoms with Crippen LogP contribution in [-0.2, 0) is 5.41 Å².